The van der Waals surface area contributed by atoms with E-state index in [-0.39, 0.29) is 5.91 Å². The largest absolute Gasteiger partial charge is 0.363 e. The molecule has 0 saturated heterocycles. The molecule has 4 heteroatoms. The Morgan fingerprint density at radius 2 is 1.50 bits per heavy atom. The van der Waals surface area contributed by atoms with E-state index in [0.29, 0.717) is 0 Å². The molecule has 26 heavy (non-hydrogen) atoms. The van der Waals surface area contributed by atoms with E-state index in [1.807, 2.05) is 54.6 Å². The van der Waals surface area contributed by atoms with Crippen LogP contribution in [0.1, 0.15) is 11.1 Å². The predicted octanol–water partition coefficient (Wildman–Crippen LogP) is 4.46. The SMILES string of the molecule is O=C1Nc2ccccc2C12Nc1ccccc1-c1[nH]c3ccccc3c12. The van der Waals surface area contributed by atoms with Crippen molar-refractivity contribution < 1.29 is 4.79 Å². The van der Waals surface area contributed by atoms with Crippen molar-refractivity contribution in [2.24, 2.45) is 0 Å². The minimum Gasteiger partial charge on any atom is -0.363 e. The zero-order valence-corrected chi connectivity index (χ0v) is 13.8. The van der Waals surface area contributed by atoms with E-state index in [2.05, 4.69) is 33.8 Å². The summed E-state index contributed by atoms with van der Waals surface area (Å²) >= 11 is 0. The number of hydrogen-bond acceptors (Lipinski definition) is 2. The summed E-state index contributed by atoms with van der Waals surface area (Å²) in [6.45, 7) is 0. The molecule has 3 N–H and O–H groups in total. The molecule has 0 radical (unpaired) electrons. The molecule has 4 aromatic rings. The maximum absolute atomic E-state index is 13.3. The highest BCUT2D eigenvalue weighted by Crippen LogP contribution is 2.53. The fourth-order valence-electron chi connectivity index (χ4n) is 4.44. The van der Waals surface area contributed by atoms with Crippen LogP contribution >= 0.6 is 0 Å². The summed E-state index contributed by atoms with van der Waals surface area (Å²) in [4.78, 5) is 16.9. The second kappa shape index (κ2) is 4.55. The van der Waals surface area contributed by atoms with Crippen molar-refractivity contribution >= 4 is 28.2 Å². The molecule has 0 aliphatic carbocycles. The number of hydrogen-bond donors (Lipinski definition) is 3. The van der Waals surface area contributed by atoms with Gasteiger partial charge >= 0.3 is 0 Å². The molecule has 1 aromatic heterocycles. The fraction of sp³-hybridized carbons (Fsp3) is 0.0455. The van der Waals surface area contributed by atoms with Gasteiger partial charge < -0.3 is 15.6 Å². The zero-order chi connectivity index (χ0) is 17.3. The topological polar surface area (TPSA) is 56.9 Å². The van der Waals surface area contributed by atoms with E-state index in [1.54, 1.807) is 0 Å². The number of H-pyrrole nitrogens is 1. The quantitative estimate of drug-likeness (QED) is 0.444. The number of para-hydroxylation sites is 3. The van der Waals surface area contributed by atoms with Gasteiger partial charge in [0.1, 0.15) is 0 Å². The molecule has 0 fully saturated rings. The van der Waals surface area contributed by atoms with Crippen molar-refractivity contribution in [2.45, 2.75) is 5.54 Å². The number of amides is 1. The number of carbonyl (C=O) groups is 1. The highest BCUT2D eigenvalue weighted by atomic mass is 16.2. The number of anilines is 2. The van der Waals surface area contributed by atoms with E-state index < -0.39 is 5.54 Å². The minimum atomic E-state index is -0.931. The molecule has 0 saturated carbocycles. The molecule has 1 spiro atoms. The third-order valence-corrected chi connectivity index (χ3v) is 5.52. The summed E-state index contributed by atoms with van der Waals surface area (Å²) in [5.41, 5.74) is 5.97. The molecule has 6 rings (SSSR count). The molecule has 0 bridgehead atoms. The van der Waals surface area contributed by atoms with E-state index >= 15 is 0 Å². The minimum absolute atomic E-state index is 0.0424. The van der Waals surface area contributed by atoms with Gasteiger partial charge in [-0.1, -0.05) is 54.6 Å². The summed E-state index contributed by atoms with van der Waals surface area (Å²) in [6.07, 6.45) is 0. The van der Waals surface area contributed by atoms with Gasteiger partial charge in [0.25, 0.3) is 5.91 Å². The first-order chi connectivity index (χ1) is 12.8. The van der Waals surface area contributed by atoms with Gasteiger partial charge in [0.05, 0.1) is 5.69 Å². The summed E-state index contributed by atoms with van der Waals surface area (Å²) in [6, 6.07) is 24.2. The van der Waals surface area contributed by atoms with Crippen molar-refractivity contribution in [3.05, 3.63) is 83.9 Å². The van der Waals surface area contributed by atoms with Gasteiger partial charge in [0, 0.05) is 39.0 Å². The lowest BCUT2D eigenvalue weighted by Crippen LogP contribution is -2.45. The van der Waals surface area contributed by atoms with E-state index in [9.17, 15) is 4.79 Å². The molecule has 1 unspecified atom stereocenters. The lowest BCUT2D eigenvalue weighted by molar-refractivity contribution is -0.118. The number of aromatic nitrogens is 1. The molecule has 124 valence electrons. The summed E-state index contributed by atoms with van der Waals surface area (Å²) in [5, 5.41) is 7.72. The van der Waals surface area contributed by atoms with Crippen molar-refractivity contribution in [1.29, 1.82) is 0 Å². The molecular weight excluding hydrogens is 322 g/mol. The number of benzene rings is 3. The third kappa shape index (κ3) is 1.48. The average Bonchev–Trinajstić information content (AvgIpc) is 3.19. The highest BCUT2D eigenvalue weighted by Gasteiger charge is 2.53. The third-order valence-electron chi connectivity index (χ3n) is 5.52. The molecule has 4 nitrogen and oxygen atoms in total. The van der Waals surface area contributed by atoms with Crippen LogP contribution in [0.2, 0.25) is 0 Å². The average molecular weight is 337 g/mol. The Kier molecular flexibility index (Phi) is 2.40. The van der Waals surface area contributed by atoms with Crippen LogP contribution in [0.25, 0.3) is 22.2 Å². The summed E-state index contributed by atoms with van der Waals surface area (Å²) in [5.74, 6) is -0.0424. The maximum atomic E-state index is 13.3. The Morgan fingerprint density at radius 1 is 0.769 bits per heavy atom. The van der Waals surface area contributed by atoms with Crippen LogP contribution < -0.4 is 10.6 Å². The van der Waals surface area contributed by atoms with Gasteiger partial charge in [-0.05, 0) is 18.2 Å². The Bertz CT molecular complexity index is 1220. The number of carbonyl (C=O) groups excluding carboxylic acids is 1. The van der Waals surface area contributed by atoms with Crippen LogP contribution in [-0.2, 0) is 10.3 Å². The Labute approximate surface area is 149 Å². The van der Waals surface area contributed by atoms with Crippen LogP contribution in [0.5, 0.6) is 0 Å². The van der Waals surface area contributed by atoms with Crippen molar-refractivity contribution in [3.8, 4) is 11.3 Å². The lowest BCUT2D eigenvalue weighted by atomic mass is 9.78. The summed E-state index contributed by atoms with van der Waals surface area (Å²) in [7, 11) is 0. The number of aromatic amines is 1. The Morgan fingerprint density at radius 3 is 2.42 bits per heavy atom. The molecule has 2 aliphatic rings. The first-order valence-electron chi connectivity index (χ1n) is 8.69. The highest BCUT2D eigenvalue weighted by molar-refractivity contribution is 6.16. The molecule has 2 aliphatic heterocycles. The van der Waals surface area contributed by atoms with Gasteiger partial charge in [0.2, 0.25) is 0 Å². The van der Waals surface area contributed by atoms with Gasteiger partial charge in [-0.15, -0.1) is 0 Å². The molecular formula is C22H15N3O. The number of nitrogens with one attached hydrogen (secondary N) is 3. The van der Waals surface area contributed by atoms with Gasteiger partial charge in [-0.3, -0.25) is 4.79 Å². The van der Waals surface area contributed by atoms with Crippen molar-refractivity contribution in [3.63, 3.8) is 0 Å². The monoisotopic (exact) mass is 337 g/mol. The predicted molar refractivity (Wildman–Crippen MR) is 103 cm³/mol. The lowest BCUT2D eigenvalue weighted by Gasteiger charge is -2.35. The Hall–Kier alpha value is -3.53. The second-order valence-electron chi connectivity index (χ2n) is 6.84. The normalized spacial score (nSPS) is 19.6. The summed E-state index contributed by atoms with van der Waals surface area (Å²) < 4.78 is 0. The molecule has 1 atom stereocenters. The van der Waals surface area contributed by atoms with Crippen molar-refractivity contribution in [2.75, 3.05) is 10.6 Å². The number of fused-ring (bicyclic) bond motifs is 8. The zero-order valence-electron chi connectivity index (χ0n) is 13.8. The fourth-order valence-corrected chi connectivity index (χ4v) is 4.44. The van der Waals surface area contributed by atoms with Crippen molar-refractivity contribution in [1.82, 2.24) is 4.98 Å². The van der Waals surface area contributed by atoms with Crippen LogP contribution in [0.4, 0.5) is 11.4 Å². The van der Waals surface area contributed by atoms with E-state index in [4.69, 9.17) is 0 Å². The maximum Gasteiger partial charge on any atom is 0.259 e. The standard InChI is InChI=1S/C22H15N3O/c26-21-22(15-9-3-6-12-18(15)24-21)19-13-7-1-4-10-16(13)23-20(19)14-8-2-5-11-17(14)25-22/h1-12,23,25H,(H,24,26). The molecule has 3 heterocycles. The van der Waals surface area contributed by atoms with Crippen LogP contribution in [-0.4, -0.2) is 10.9 Å². The van der Waals surface area contributed by atoms with Gasteiger partial charge in [-0.2, -0.15) is 0 Å². The van der Waals surface area contributed by atoms with E-state index in [0.717, 1.165) is 44.7 Å². The Balaban J connectivity index is 1.81. The smallest absolute Gasteiger partial charge is 0.259 e. The first-order valence-corrected chi connectivity index (χ1v) is 8.69. The second-order valence-corrected chi connectivity index (χ2v) is 6.84. The van der Waals surface area contributed by atoms with Gasteiger partial charge in [0.15, 0.2) is 5.54 Å². The first kappa shape index (κ1) is 13.7. The van der Waals surface area contributed by atoms with E-state index in [1.165, 1.54) is 0 Å². The van der Waals surface area contributed by atoms with Gasteiger partial charge in [-0.25, -0.2) is 0 Å². The number of rotatable bonds is 0. The van der Waals surface area contributed by atoms with Crippen LogP contribution in [0, 0.1) is 0 Å². The molecule has 3 aromatic carbocycles. The van der Waals surface area contributed by atoms with Crippen LogP contribution in [0.3, 0.4) is 0 Å². The molecule has 1 amide bonds. The van der Waals surface area contributed by atoms with Crippen LogP contribution in [0.15, 0.2) is 72.8 Å².